The summed E-state index contributed by atoms with van der Waals surface area (Å²) in [6.07, 6.45) is 3.59. The molecule has 24 heavy (non-hydrogen) atoms. The quantitative estimate of drug-likeness (QED) is 0.728. The zero-order valence-electron chi connectivity index (χ0n) is 14.5. The predicted octanol–water partition coefficient (Wildman–Crippen LogP) is 2.92. The van der Waals surface area contributed by atoms with E-state index in [0.717, 1.165) is 34.9 Å². The van der Waals surface area contributed by atoms with E-state index < -0.39 is 0 Å². The smallest absolute Gasteiger partial charge is 0.223 e. The minimum atomic E-state index is 0.361. The summed E-state index contributed by atoms with van der Waals surface area (Å²) in [5.41, 5.74) is 5.17. The van der Waals surface area contributed by atoms with Crippen LogP contribution in [-0.2, 0) is 6.54 Å². The second-order valence-corrected chi connectivity index (χ2v) is 6.19. The van der Waals surface area contributed by atoms with E-state index in [4.69, 9.17) is 0 Å². The van der Waals surface area contributed by atoms with E-state index in [1.165, 1.54) is 0 Å². The molecule has 0 saturated carbocycles. The molecule has 0 spiro atoms. The summed E-state index contributed by atoms with van der Waals surface area (Å²) in [5.74, 6) is 0.977. The fourth-order valence-corrected chi connectivity index (χ4v) is 2.71. The SMILES string of the molecule is Cc1cc(C)n(CCNc2nccc(-c3cn[nH]c3C(C)C)n2)n1. The van der Waals surface area contributed by atoms with Crippen LogP contribution in [-0.4, -0.2) is 36.5 Å². The van der Waals surface area contributed by atoms with E-state index in [2.05, 4.69) is 57.4 Å². The summed E-state index contributed by atoms with van der Waals surface area (Å²) in [5, 5.41) is 14.9. The average Bonchev–Trinajstić information content (AvgIpc) is 3.15. The fourth-order valence-electron chi connectivity index (χ4n) is 2.71. The van der Waals surface area contributed by atoms with Gasteiger partial charge in [-0.2, -0.15) is 10.2 Å². The molecule has 2 N–H and O–H groups in total. The van der Waals surface area contributed by atoms with E-state index in [1.807, 2.05) is 23.9 Å². The Balaban J connectivity index is 1.69. The number of H-pyrrole nitrogens is 1. The van der Waals surface area contributed by atoms with Gasteiger partial charge in [0.2, 0.25) is 5.95 Å². The van der Waals surface area contributed by atoms with Crippen molar-refractivity contribution in [3.63, 3.8) is 0 Å². The first kappa shape index (κ1) is 16.2. The van der Waals surface area contributed by atoms with Crippen LogP contribution in [0.4, 0.5) is 5.95 Å². The fraction of sp³-hybridized carbons (Fsp3) is 0.412. The van der Waals surface area contributed by atoms with Crippen LogP contribution in [0.5, 0.6) is 0 Å². The molecule has 3 aromatic rings. The van der Waals surface area contributed by atoms with Gasteiger partial charge in [0.15, 0.2) is 0 Å². The number of hydrogen-bond acceptors (Lipinski definition) is 5. The summed E-state index contributed by atoms with van der Waals surface area (Å²) < 4.78 is 1.99. The molecule has 0 aliphatic carbocycles. The number of anilines is 1. The molecule has 3 heterocycles. The monoisotopic (exact) mass is 325 g/mol. The summed E-state index contributed by atoms with van der Waals surface area (Å²) >= 11 is 0. The maximum absolute atomic E-state index is 4.61. The Morgan fingerprint density at radius 3 is 2.83 bits per heavy atom. The Hall–Kier alpha value is -2.70. The molecule has 0 radical (unpaired) electrons. The van der Waals surface area contributed by atoms with Crippen molar-refractivity contribution < 1.29 is 0 Å². The largest absolute Gasteiger partial charge is 0.352 e. The van der Waals surface area contributed by atoms with Crippen molar-refractivity contribution in [1.82, 2.24) is 29.9 Å². The number of nitrogens with one attached hydrogen (secondary N) is 2. The van der Waals surface area contributed by atoms with Crippen molar-refractivity contribution in [2.75, 3.05) is 11.9 Å². The van der Waals surface area contributed by atoms with Crippen LogP contribution in [0.15, 0.2) is 24.5 Å². The average molecular weight is 325 g/mol. The van der Waals surface area contributed by atoms with Gasteiger partial charge in [-0.15, -0.1) is 0 Å². The van der Waals surface area contributed by atoms with Crippen molar-refractivity contribution in [1.29, 1.82) is 0 Å². The molecule has 0 saturated heterocycles. The Bertz CT molecular complexity index is 816. The van der Waals surface area contributed by atoms with Crippen molar-refractivity contribution in [2.24, 2.45) is 0 Å². The normalized spacial score (nSPS) is 11.2. The molecule has 7 heteroatoms. The lowest BCUT2D eigenvalue weighted by atomic mass is 10.0. The van der Waals surface area contributed by atoms with E-state index in [9.17, 15) is 0 Å². The third-order valence-electron chi connectivity index (χ3n) is 3.89. The van der Waals surface area contributed by atoms with Crippen molar-refractivity contribution >= 4 is 5.95 Å². The molecular formula is C17H23N7. The number of aryl methyl sites for hydroxylation is 2. The van der Waals surface area contributed by atoms with E-state index >= 15 is 0 Å². The van der Waals surface area contributed by atoms with Crippen LogP contribution in [0.3, 0.4) is 0 Å². The number of rotatable bonds is 6. The maximum Gasteiger partial charge on any atom is 0.223 e. The lowest BCUT2D eigenvalue weighted by molar-refractivity contribution is 0.613. The van der Waals surface area contributed by atoms with Gasteiger partial charge in [0.25, 0.3) is 0 Å². The van der Waals surface area contributed by atoms with Gasteiger partial charge in [0.1, 0.15) is 0 Å². The minimum absolute atomic E-state index is 0.361. The molecule has 0 amide bonds. The van der Waals surface area contributed by atoms with Gasteiger partial charge in [0, 0.05) is 29.7 Å². The second kappa shape index (κ2) is 6.82. The molecule has 3 aromatic heterocycles. The topological polar surface area (TPSA) is 84.3 Å². The first-order chi connectivity index (χ1) is 11.5. The molecule has 0 aliphatic rings. The predicted molar refractivity (Wildman–Crippen MR) is 93.9 cm³/mol. The molecule has 0 atom stereocenters. The van der Waals surface area contributed by atoms with Crippen LogP contribution < -0.4 is 5.32 Å². The van der Waals surface area contributed by atoms with Crippen LogP contribution in [0.2, 0.25) is 0 Å². The summed E-state index contributed by atoms with van der Waals surface area (Å²) in [4.78, 5) is 8.91. The highest BCUT2D eigenvalue weighted by atomic mass is 15.3. The zero-order valence-corrected chi connectivity index (χ0v) is 14.5. The van der Waals surface area contributed by atoms with Gasteiger partial charge < -0.3 is 5.32 Å². The number of hydrogen-bond donors (Lipinski definition) is 2. The standard InChI is InChI=1S/C17H23N7/c1-11(2)16-14(10-20-22-16)15-5-6-18-17(21-15)19-7-8-24-13(4)9-12(3)23-24/h5-6,9-11H,7-8H2,1-4H3,(H,20,22)(H,18,19,21). The van der Waals surface area contributed by atoms with Crippen LogP contribution >= 0.6 is 0 Å². The summed E-state index contributed by atoms with van der Waals surface area (Å²) in [6.45, 7) is 9.81. The minimum Gasteiger partial charge on any atom is -0.352 e. The molecule has 7 nitrogen and oxygen atoms in total. The van der Waals surface area contributed by atoms with Crippen molar-refractivity contribution in [3.8, 4) is 11.3 Å². The molecular weight excluding hydrogens is 302 g/mol. The zero-order chi connectivity index (χ0) is 17.1. The molecule has 3 rings (SSSR count). The van der Waals surface area contributed by atoms with Crippen LogP contribution in [0.1, 0.15) is 36.8 Å². The van der Waals surface area contributed by atoms with E-state index in [-0.39, 0.29) is 0 Å². The number of aromatic nitrogens is 6. The second-order valence-electron chi connectivity index (χ2n) is 6.19. The van der Waals surface area contributed by atoms with Gasteiger partial charge in [-0.1, -0.05) is 13.8 Å². The Morgan fingerprint density at radius 2 is 2.12 bits per heavy atom. The van der Waals surface area contributed by atoms with E-state index in [0.29, 0.717) is 18.4 Å². The Kier molecular flexibility index (Phi) is 4.59. The number of nitrogens with zero attached hydrogens (tertiary/aromatic N) is 5. The molecule has 0 unspecified atom stereocenters. The molecule has 126 valence electrons. The highest BCUT2D eigenvalue weighted by molar-refractivity contribution is 5.62. The third-order valence-corrected chi connectivity index (χ3v) is 3.89. The van der Waals surface area contributed by atoms with Crippen molar-refractivity contribution in [2.45, 2.75) is 40.2 Å². The van der Waals surface area contributed by atoms with E-state index in [1.54, 1.807) is 6.20 Å². The first-order valence-corrected chi connectivity index (χ1v) is 8.16. The van der Waals surface area contributed by atoms with Gasteiger partial charge in [-0.25, -0.2) is 9.97 Å². The van der Waals surface area contributed by atoms with Gasteiger partial charge >= 0.3 is 0 Å². The lowest BCUT2D eigenvalue weighted by Crippen LogP contribution is -2.14. The Morgan fingerprint density at radius 1 is 1.29 bits per heavy atom. The summed E-state index contributed by atoms with van der Waals surface area (Å²) in [6, 6.07) is 3.98. The summed E-state index contributed by atoms with van der Waals surface area (Å²) in [7, 11) is 0. The third kappa shape index (κ3) is 3.45. The van der Waals surface area contributed by atoms with Crippen LogP contribution in [0, 0.1) is 13.8 Å². The maximum atomic E-state index is 4.61. The molecule has 0 bridgehead atoms. The molecule has 0 aromatic carbocycles. The molecule has 0 aliphatic heterocycles. The van der Waals surface area contributed by atoms with Gasteiger partial charge in [-0.3, -0.25) is 9.78 Å². The highest BCUT2D eigenvalue weighted by Crippen LogP contribution is 2.25. The number of aromatic amines is 1. The van der Waals surface area contributed by atoms with Gasteiger partial charge in [0.05, 0.1) is 24.1 Å². The lowest BCUT2D eigenvalue weighted by Gasteiger charge is -2.09. The van der Waals surface area contributed by atoms with Crippen molar-refractivity contribution in [3.05, 3.63) is 41.6 Å². The highest BCUT2D eigenvalue weighted by Gasteiger charge is 2.12. The Labute approximate surface area is 141 Å². The first-order valence-electron chi connectivity index (χ1n) is 8.16. The van der Waals surface area contributed by atoms with Gasteiger partial charge in [-0.05, 0) is 31.9 Å². The molecule has 0 fully saturated rings. The van der Waals surface area contributed by atoms with Crippen LogP contribution in [0.25, 0.3) is 11.3 Å².